The SMILES string of the molecule is CN1C2CCC1[C@H](OC(=O)N1c3ccccc3Sc3cccnc31)CC2. The molecular formula is C20H21N3O2S. The van der Waals surface area contributed by atoms with E-state index in [0.29, 0.717) is 17.9 Å². The first-order valence-electron chi connectivity index (χ1n) is 9.17. The Bertz CT molecular complexity index is 813. The largest absolute Gasteiger partial charge is 0.444 e. The van der Waals surface area contributed by atoms with E-state index in [9.17, 15) is 4.79 Å². The van der Waals surface area contributed by atoms with Crippen LogP contribution in [0.5, 0.6) is 0 Å². The van der Waals surface area contributed by atoms with Crippen LogP contribution < -0.4 is 4.90 Å². The van der Waals surface area contributed by atoms with Crippen LogP contribution in [-0.2, 0) is 4.74 Å². The maximum Gasteiger partial charge on any atom is 0.420 e. The van der Waals surface area contributed by atoms with Gasteiger partial charge in [0.2, 0.25) is 0 Å². The van der Waals surface area contributed by atoms with Gasteiger partial charge in [0.05, 0.1) is 10.6 Å². The van der Waals surface area contributed by atoms with E-state index in [1.165, 1.54) is 6.42 Å². The predicted octanol–water partition coefficient (Wildman–Crippen LogP) is 4.45. The van der Waals surface area contributed by atoms with Gasteiger partial charge in [0.25, 0.3) is 0 Å². The average molecular weight is 367 g/mol. The molecule has 6 heteroatoms. The molecule has 0 radical (unpaired) electrons. The molecule has 3 aliphatic rings. The summed E-state index contributed by atoms with van der Waals surface area (Å²) in [6.07, 6.45) is 5.74. The van der Waals surface area contributed by atoms with E-state index in [1.54, 1.807) is 22.9 Å². The number of rotatable bonds is 1. The van der Waals surface area contributed by atoms with Gasteiger partial charge in [-0.05, 0) is 57.0 Å². The number of benzene rings is 1. The van der Waals surface area contributed by atoms with E-state index >= 15 is 0 Å². The van der Waals surface area contributed by atoms with Gasteiger partial charge in [0, 0.05) is 23.2 Å². The summed E-state index contributed by atoms with van der Waals surface area (Å²) in [5.41, 5.74) is 0.849. The number of likely N-dealkylation sites (N-methyl/N-ethyl adjacent to an activating group) is 1. The fourth-order valence-electron chi connectivity index (χ4n) is 4.48. The number of carbonyl (C=O) groups is 1. The lowest BCUT2D eigenvalue weighted by molar-refractivity contribution is 0.0143. The molecule has 0 saturated carbocycles. The van der Waals surface area contributed by atoms with Crippen LogP contribution in [-0.4, -0.2) is 41.2 Å². The monoisotopic (exact) mass is 367 g/mol. The summed E-state index contributed by atoms with van der Waals surface area (Å²) in [7, 11) is 2.16. The van der Waals surface area contributed by atoms with Gasteiger partial charge in [-0.1, -0.05) is 23.9 Å². The summed E-state index contributed by atoms with van der Waals surface area (Å²) in [6, 6.07) is 12.8. The molecule has 1 amide bonds. The molecular weight excluding hydrogens is 346 g/mol. The molecule has 0 aliphatic carbocycles. The number of aromatic nitrogens is 1. The third kappa shape index (κ3) is 2.51. The minimum Gasteiger partial charge on any atom is -0.444 e. The molecule has 3 atom stereocenters. The van der Waals surface area contributed by atoms with Crippen LogP contribution in [0.3, 0.4) is 0 Å². The molecule has 2 fully saturated rings. The number of amides is 1. The summed E-state index contributed by atoms with van der Waals surface area (Å²) in [4.78, 5) is 23.7. The number of pyridine rings is 1. The molecule has 2 unspecified atom stereocenters. The Morgan fingerprint density at radius 2 is 1.92 bits per heavy atom. The molecule has 4 heterocycles. The number of hydrogen-bond acceptors (Lipinski definition) is 5. The Balaban J connectivity index is 1.47. The highest BCUT2D eigenvalue weighted by Gasteiger charge is 2.43. The number of piperidine rings is 1. The second kappa shape index (κ2) is 6.28. The zero-order valence-corrected chi connectivity index (χ0v) is 15.5. The summed E-state index contributed by atoms with van der Waals surface area (Å²) in [6.45, 7) is 0. The van der Waals surface area contributed by atoms with E-state index in [-0.39, 0.29) is 12.2 Å². The van der Waals surface area contributed by atoms with Gasteiger partial charge in [-0.3, -0.25) is 4.90 Å². The Morgan fingerprint density at radius 3 is 2.85 bits per heavy atom. The molecule has 3 aliphatic heterocycles. The van der Waals surface area contributed by atoms with Crippen molar-refractivity contribution in [1.82, 2.24) is 9.88 Å². The third-order valence-electron chi connectivity index (χ3n) is 5.83. The maximum absolute atomic E-state index is 13.2. The van der Waals surface area contributed by atoms with Crippen molar-refractivity contribution in [2.75, 3.05) is 11.9 Å². The maximum atomic E-state index is 13.2. The fourth-order valence-corrected chi connectivity index (χ4v) is 5.51. The van der Waals surface area contributed by atoms with Gasteiger partial charge < -0.3 is 4.74 Å². The minimum absolute atomic E-state index is 0.0415. The normalized spacial score (nSPS) is 27.0. The van der Waals surface area contributed by atoms with Crippen molar-refractivity contribution < 1.29 is 9.53 Å². The molecule has 2 bridgehead atoms. The van der Waals surface area contributed by atoms with Crippen LogP contribution in [0, 0.1) is 0 Å². The first-order chi connectivity index (χ1) is 12.7. The third-order valence-corrected chi connectivity index (χ3v) is 6.94. The lowest BCUT2D eigenvalue weighted by Gasteiger charge is -2.38. The van der Waals surface area contributed by atoms with Crippen LogP contribution in [0.2, 0.25) is 0 Å². The fraction of sp³-hybridized carbons (Fsp3) is 0.400. The molecule has 134 valence electrons. The zero-order chi connectivity index (χ0) is 17.7. The number of hydrogen-bond donors (Lipinski definition) is 0. The number of fused-ring (bicyclic) bond motifs is 4. The van der Waals surface area contributed by atoms with E-state index in [1.807, 2.05) is 36.4 Å². The van der Waals surface area contributed by atoms with Crippen LogP contribution >= 0.6 is 11.8 Å². The van der Waals surface area contributed by atoms with Crippen molar-refractivity contribution in [3.05, 3.63) is 42.6 Å². The molecule has 0 N–H and O–H groups in total. The number of anilines is 2. The summed E-state index contributed by atoms with van der Waals surface area (Å²) in [5, 5.41) is 0. The van der Waals surface area contributed by atoms with Crippen molar-refractivity contribution in [2.45, 2.75) is 53.7 Å². The Morgan fingerprint density at radius 1 is 1.12 bits per heavy atom. The highest BCUT2D eigenvalue weighted by atomic mass is 32.2. The summed E-state index contributed by atoms with van der Waals surface area (Å²) in [5.74, 6) is 0.662. The van der Waals surface area contributed by atoms with Crippen molar-refractivity contribution in [3.63, 3.8) is 0 Å². The van der Waals surface area contributed by atoms with Crippen LogP contribution in [0.4, 0.5) is 16.3 Å². The average Bonchev–Trinajstić information content (AvgIpc) is 2.89. The number of nitrogens with zero attached hydrogens (tertiary/aromatic N) is 3. The van der Waals surface area contributed by atoms with Crippen LogP contribution in [0.1, 0.15) is 25.7 Å². The Hall–Kier alpha value is -2.05. The molecule has 5 rings (SSSR count). The molecule has 1 aromatic heterocycles. The van der Waals surface area contributed by atoms with Gasteiger partial charge in [-0.25, -0.2) is 14.7 Å². The van der Waals surface area contributed by atoms with E-state index in [4.69, 9.17) is 4.74 Å². The van der Waals surface area contributed by atoms with Crippen molar-refractivity contribution in [2.24, 2.45) is 0 Å². The molecule has 5 nitrogen and oxygen atoms in total. The first kappa shape index (κ1) is 16.1. The number of para-hydroxylation sites is 1. The summed E-state index contributed by atoms with van der Waals surface area (Å²) >= 11 is 1.64. The second-order valence-corrected chi connectivity index (χ2v) is 8.28. The van der Waals surface area contributed by atoms with Crippen molar-refractivity contribution in [1.29, 1.82) is 0 Å². The van der Waals surface area contributed by atoms with Crippen molar-refractivity contribution in [3.8, 4) is 0 Å². The minimum atomic E-state index is -0.318. The highest BCUT2D eigenvalue weighted by Crippen LogP contribution is 2.47. The number of ether oxygens (including phenoxy) is 1. The van der Waals surface area contributed by atoms with Crippen LogP contribution in [0.25, 0.3) is 0 Å². The molecule has 26 heavy (non-hydrogen) atoms. The highest BCUT2D eigenvalue weighted by molar-refractivity contribution is 7.99. The zero-order valence-electron chi connectivity index (χ0n) is 14.7. The molecule has 2 saturated heterocycles. The standard InChI is InChI=1S/C20H21N3O2S/c1-22-13-8-10-14(22)16(11-9-13)25-20(24)23-15-5-2-3-6-17(15)26-18-7-4-12-21-19(18)23/h2-7,12-14,16H,8-11H2,1H3/t13?,14?,16-/m1/s1. The lowest BCUT2D eigenvalue weighted by atomic mass is 10.0. The van der Waals surface area contributed by atoms with Gasteiger partial charge in [-0.15, -0.1) is 0 Å². The molecule has 0 spiro atoms. The Labute approximate surface area is 157 Å². The predicted molar refractivity (Wildman–Crippen MR) is 101 cm³/mol. The smallest absolute Gasteiger partial charge is 0.420 e. The van der Waals surface area contributed by atoms with Gasteiger partial charge in [-0.2, -0.15) is 0 Å². The lowest BCUT2D eigenvalue weighted by Crippen LogP contribution is -2.48. The van der Waals surface area contributed by atoms with Gasteiger partial charge >= 0.3 is 6.09 Å². The van der Waals surface area contributed by atoms with Gasteiger partial charge in [0.1, 0.15) is 6.10 Å². The second-order valence-electron chi connectivity index (χ2n) is 7.19. The van der Waals surface area contributed by atoms with Crippen LogP contribution in [0.15, 0.2) is 52.4 Å². The molecule has 2 aromatic rings. The first-order valence-corrected chi connectivity index (χ1v) is 9.98. The molecule has 1 aromatic carbocycles. The Kier molecular flexibility index (Phi) is 3.90. The van der Waals surface area contributed by atoms with E-state index in [0.717, 1.165) is 34.7 Å². The van der Waals surface area contributed by atoms with Crippen molar-refractivity contribution >= 4 is 29.4 Å². The van der Waals surface area contributed by atoms with E-state index < -0.39 is 0 Å². The topological polar surface area (TPSA) is 45.7 Å². The summed E-state index contributed by atoms with van der Waals surface area (Å²) < 4.78 is 6.04. The number of carbonyl (C=O) groups excluding carboxylic acids is 1. The van der Waals surface area contributed by atoms with Gasteiger partial charge in [0.15, 0.2) is 5.82 Å². The quantitative estimate of drug-likeness (QED) is 0.745. The van der Waals surface area contributed by atoms with E-state index in [2.05, 4.69) is 16.9 Å².